The molecule has 0 amide bonds. The second kappa shape index (κ2) is 8.12. The largest absolute Gasteiger partial charge is 0.381 e. The highest BCUT2D eigenvalue weighted by Gasteiger charge is 2.16. The molecular weight excluding hydrogens is 186 g/mol. The molecule has 0 aromatic carbocycles. The Bertz CT molecular complexity index is 145. The van der Waals surface area contributed by atoms with Crippen molar-refractivity contribution in [2.24, 2.45) is 17.1 Å². The van der Waals surface area contributed by atoms with E-state index in [4.69, 9.17) is 10.5 Å². The van der Waals surface area contributed by atoms with Crippen LogP contribution in [-0.2, 0) is 4.74 Å². The summed E-state index contributed by atoms with van der Waals surface area (Å²) in [5.41, 5.74) is 5.78. The second-order valence-electron chi connectivity index (χ2n) is 5.30. The molecule has 0 aliphatic carbocycles. The van der Waals surface area contributed by atoms with E-state index >= 15 is 0 Å². The van der Waals surface area contributed by atoms with Gasteiger partial charge >= 0.3 is 0 Å². The lowest BCUT2D eigenvalue weighted by Gasteiger charge is -2.24. The maximum atomic E-state index is 5.76. The lowest BCUT2D eigenvalue weighted by Crippen LogP contribution is -2.29. The number of hydrogen-bond donors (Lipinski definition) is 1. The Morgan fingerprint density at radius 3 is 2.40 bits per heavy atom. The smallest absolute Gasteiger partial charge is 0.0529 e. The molecule has 1 unspecified atom stereocenters. The molecule has 0 bridgehead atoms. The maximum absolute atomic E-state index is 5.76. The predicted octanol–water partition coefficient (Wildman–Crippen LogP) is 3.20. The SMILES string of the molecule is CCCCC(CC)COCC(C)(C)CN. The van der Waals surface area contributed by atoms with E-state index in [2.05, 4.69) is 27.7 Å². The summed E-state index contributed by atoms with van der Waals surface area (Å²) in [6, 6.07) is 0. The molecule has 0 saturated carbocycles. The van der Waals surface area contributed by atoms with Gasteiger partial charge in [0.1, 0.15) is 0 Å². The average Bonchev–Trinajstić information content (AvgIpc) is 2.23. The highest BCUT2D eigenvalue weighted by molar-refractivity contribution is 4.68. The summed E-state index contributed by atoms with van der Waals surface area (Å²) in [5, 5.41) is 0. The van der Waals surface area contributed by atoms with E-state index in [-0.39, 0.29) is 5.41 Å². The molecule has 2 heteroatoms. The Balaban J connectivity index is 3.62. The van der Waals surface area contributed by atoms with Crippen molar-refractivity contribution in [3.8, 4) is 0 Å². The minimum atomic E-state index is 0.128. The van der Waals surface area contributed by atoms with Crippen LogP contribution in [-0.4, -0.2) is 19.8 Å². The molecule has 0 rings (SSSR count). The van der Waals surface area contributed by atoms with Crippen LogP contribution in [0.25, 0.3) is 0 Å². The van der Waals surface area contributed by atoms with Gasteiger partial charge in [0.05, 0.1) is 6.61 Å². The van der Waals surface area contributed by atoms with Gasteiger partial charge in [-0.2, -0.15) is 0 Å². The van der Waals surface area contributed by atoms with Gasteiger partial charge < -0.3 is 10.5 Å². The summed E-state index contributed by atoms with van der Waals surface area (Å²) >= 11 is 0. The first-order chi connectivity index (χ1) is 7.05. The third-order valence-corrected chi connectivity index (χ3v) is 2.94. The summed E-state index contributed by atoms with van der Waals surface area (Å²) in [7, 11) is 0. The molecule has 2 N–H and O–H groups in total. The Hall–Kier alpha value is -0.0800. The zero-order valence-electron chi connectivity index (χ0n) is 11.0. The summed E-state index contributed by atoms with van der Waals surface area (Å²) in [4.78, 5) is 0. The van der Waals surface area contributed by atoms with E-state index in [0.29, 0.717) is 6.54 Å². The molecule has 1 atom stereocenters. The van der Waals surface area contributed by atoms with Crippen LogP contribution in [0, 0.1) is 11.3 Å². The fraction of sp³-hybridized carbons (Fsp3) is 1.00. The number of rotatable bonds is 9. The highest BCUT2D eigenvalue weighted by atomic mass is 16.5. The summed E-state index contributed by atoms with van der Waals surface area (Å²) in [6.07, 6.45) is 5.13. The van der Waals surface area contributed by atoms with Gasteiger partial charge in [-0.1, -0.05) is 47.0 Å². The lowest BCUT2D eigenvalue weighted by atomic mass is 9.95. The Morgan fingerprint density at radius 2 is 1.93 bits per heavy atom. The summed E-state index contributed by atoms with van der Waals surface area (Å²) in [6.45, 7) is 11.2. The quantitative estimate of drug-likeness (QED) is 0.641. The van der Waals surface area contributed by atoms with Crippen molar-refractivity contribution < 1.29 is 4.74 Å². The van der Waals surface area contributed by atoms with Gasteiger partial charge in [0.15, 0.2) is 0 Å². The second-order valence-corrected chi connectivity index (χ2v) is 5.30. The Labute approximate surface area is 95.6 Å². The number of hydrogen-bond acceptors (Lipinski definition) is 2. The van der Waals surface area contributed by atoms with E-state index in [9.17, 15) is 0 Å². The van der Waals surface area contributed by atoms with Crippen molar-refractivity contribution in [2.75, 3.05) is 19.8 Å². The first-order valence-corrected chi connectivity index (χ1v) is 6.33. The van der Waals surface area contributed by atoms with E-state index in [1.165, 1.54) is 25.7 Å². The van der Waals surface area contributed by atoms with Gasteiger partial charge in [0.2, 0.25) is 0 Å². The zero-order valence-corrected chi connectivity index (χ0v) is 11.0. The molecular formula is C13H29NO. The van der Waals surface area contributed by atoms with Crippen LogP contribution >= 0.6 is 0 Å². The van der Waals surface area contributed by atoms with Gasteiger partial charge in [-0.3, -0.25) is 0 Å². The fourth-order valence-corrected chi connectivity index (χ4v) is 1.46. The molecule has 92 valence electrons. The normalized spacial score (nSPS) is 14.2. The van der Waals surface area contributed by atoms with Gasteiger partial charge in [0.25, 0.3) is 0 Å². The van der Waals surface area contributed by atoms with Crippen molar-refractivity contribution >= 4 is 0 Å². The number of nitrogens with two attached hydrogens (primary N) is 1. The minimum Gasteiger partial charge on any atom is -0.381 e. The van der Waals surface area contributed by atoms with Crippen LogP contribution in [0.2, 0.25) is 0 Å². The van der Waals surface area contributed by atoms with Gasteiger partial charge in [-0.15, -0.1) is 0 Å². The molecule has 0 heterocycles. The minimum absolute atomic E-state index is 0.128. The molecule has 0 saturated heterocycles. The molecule has 0 aromatic heterocycles. The van der Waals surface area contributed by atoms with Crippen LogP contribution in [0.1, 0.15) is 53.4 Å². The maximum Gasteiger partial charge on any atom is 0.0529 e. The van der Waals surface area contributed by atoms with E-state index in [1.807, 2.05) is 0 Å². The monoisotopic (exact) mass is 215 g/mol. The van der Waals surface area contributed by atoms with Crippen molar-refractivity contribution in [3.05, 3.63) is 0 Å². The van der Waals surface area contributed by atoms with E-state index in [0.717, 1.165) is 19.1 Å². The molecule has 0 radical (unpaired) electrons. The number of unbranched alkanes of at least 4 members (excludes halogenated alkanes) is 1. The molecule has 0 fully saturated rings. The molecule has 0 aliphatic heterocycles. The van der Waals surface area contributed by atoms with Crippen LogP contribution in [0.4, 0.5) is 0 Å². The van der Waals surface area contributed by atoms with Crippen molar-refractivity contribution in [1.82, 2.24) is 0 Å². The first kappa shape index (κ1) is 14.9. The lowest BCUT2D eigenvalue weighted by molar-refractivity contribution is 0.0405. The van der Waals surface area contributed by atoms with Crippen LogP contribution in [0.5, 0.6) is 0 Å². The van der Waals surface area contributed by atoms with Crippen molar-refractivity contribution in [2.45, 2.75) is 53.4 Å². The van der Waals surface area contributed by atoms with E-state index < -0.39 is 0 Å². The fourth-order valence-electron chi connectivity index (χ4n) is 1.46. The first-order valence-electron chi connectivity index (χ1n) is 6.33. The molecule has 2 nitrogen and oxygen atoms in total. The standard InChI is InChI=1S/C13H29NO/c1-5-7-8-12(6-2)9-15-11-13(3,4)10-14/h12H,5-11,14H2,1-4H3. The molecule has 0 spiro atoms. The molecule has 0 aliphatic rings. The number of ether oxygens (including phenoxy) is 1. The van der Waals surface area contributed by atoms with Crippen LogP contribution in [0.3, 0.4) is 0 Å². The van der Waals surface area contributed by atoms with Crippen molar-refractivity contribution in [3.63, 3.8) is 0 Å². The van der Waals surface area contributed by atoms with E-state index in [1.54, 1.807) is 0 Å². The van der Waals surface area contributed by atoms with Crippen molar-refractivity contribution in [1.29, 1.82) is 0 Å². The van der Waals surface area contributed by atoms with Crippen LogP contribution in [0.15, 0.2) is 0 Å². The third-order valence-electron chi connectivity index (χ3n) is 2.94. The summed E-state index contributed by atoms with van der Waals surface area (Å²) in [5.74, 6) is 0.735. The van der Waals surface area contributed by atoms with Crippen LogP contribution < -0.4 is 5.73 Å². The summed E-state index contributed by atoms with van der Waals surface area (Å²) < 4.78 is 5.76. The molecule has 15 heavy (non-hydrogen) atoms. The Kier molecular flexibility index (Phi) is 8.07. The van der Waals surface area contributed by atoms with Gasteiger partial charge in [0, 0.05) is 12.0 Å². The topological polar surface area (TPSA) is 35.2 Å². The van der Waals surface area contributed by atoms with Gasteiger partial charge in [-0.05, 0) is 18.9 Å². The van der Waals surface area contributed by atoms with Gasteiger partial charge in [-0.25, -0.2) is 0 Å². The predicted molar refractivity (Wildman–Crippen MR) is 67.0 cm³/mol. The Morgan fingerprint density at radius 1 is 1.27 bits per heavy atom. The zero-order chi connectivity index (χ0) is 11.7. The highest BCUT2D eigenvalue weighted by Crippen LogP contribution is 2.16. The average molecular weight is 215 g/mol. The molecule has 0 aromatic rings. The third kappa shape index (κ3) is 7.80.